The van der Waals surface area contributed by atoms with Crippen LogP contribution in [0.5, 0.6) is 0 Å². The Morgan fingerprint density at radius 3 is 2.57 bits per heavy atom. The molecular weight excluding hydrogens is 272 g/mol. The molecule has 6 heteroatoms. The molecule has 118 valence electrons. The summed E-state index contributed by atoms with van der Waals surface area (Å²) in [6, 6.07) is 0.0375. The number of carbonyl (C=O) groups is 3. The van der Waals surface area contributed by atoms with Crippen LogP contribution in [0.25, 0.3) is 0 Å². The second kappa shape index (κ2) is 6.45. The maximum atomic E-state index is 12.1. The number of piperidine rings is 1. The number of amides is 2. The van der Waals surface area contributed by atoms with Gasteiger partial charge in [-0.05, 0) is 32.1 Å². The summed E-state index contributed by atoms with van der Waals surface area (Å²) in [6.45, 7) is 4.05. The molecule has 1 saturated heterocycles. The lowest BCUT2D eigenvalue weighted by Gasteiger charge is -2.40. The van der Waals surface area contributed by atoms with E-state index in [9.17, 15) is 19.5 Å². The van der Waals surface area contributed by atoms with E-state index in [1.54, 1.807) is 11.8 Å². The van der Waals surface area contributed by atoms with E-state index >= 15 is 0 Å². The zero-order valence-electron chi connectivity index (χ0n) is 12.7. The average Bonchev–Trinajstić information content (AvgIpc) is 3.16. The Morgan fingerprint density at radius 1 is 1.33 bits per heavy atom. The first kappa shape index (κ1) is 15.8. The molecule has 3 atom stereocenters. The van der Waals surface area contributed by atoms with Gasteiger partial charge in [-0.2, -0.15) is 0 Å². The number of hydrogen-bond donors (Lipinski definition) is 2. The van der Waals surface area contributed by atoms with Crippen LogP contribution in [0.15, 0.2) is 0 Å². The summed E-state index contributed by atoms with van der Waals surface area (Å²) >= 11 is 0. The normalized spacial score (nSPS) is 29.3. The molecule has 21 heavy (non-hydrogen) atoms. The molecule has 1 saturated carbocycles. The van der Waals surface area contributed by atoms with E-state index in [1.807, 2.05) is 6.92 Å². The van der Waals surface area contributed by atoms with Crippen molar-refractivity contribution in [3.05, 3.63) is 0 Å². The van der Waals surface area contributed by atoms with Crippen LogP contribution in [0.3, 0.4) is 0 Å². The van der Waals surface area contributed by atoms with Crippen molar-refractivity contribution in [3.8, 4) is 0 Å². The van der Waals surface area contributed by atoms with Gasteiger partial charge in [-0.15, -0.1) is 0 Å². The largest absolute Gasteiger partial charge is 0.481 e. The molecule has 0 aromatic heterocycles. The van der Waals surface area contributed by atoms with E-state index in [2.05, 4.69) is 5.32 Å². The van der Waals surface area contributed by atoms with Crippen molar-refractivity contribution in [1.82, 2.24) is 10.2 Å². The summed E-state index contributed by atoms with van der Waals surface area (Å²) in [5.41, 5.74) is 0. The summed E-state index contributed by atoms with van der Waals surface area (Å²) in [7, 11) is 0. The third-order valence-corrected chi connectivity index (χ3v) is 4.47. The standard InChI is InChI=1S/C15H24N2O4/c1-9-8-13(19)17(10(2)14(9)15(20)21)7-3-4-12(18)16-11-5-6-11/h9-11,14H,3-8H2,1-2H3,(H,16,18)(H,20,21). The van der Waals surface area contributed by atoms with Gasteiger partial charge in [0.1, 0.15) is 0 Å². The van der Waals surface area contributed by atoms with E-state index in [0.717, 1.165) is 12.8 Å². The number of carboxylic acids is 1. The van der Waals surface area contributed by atoms with E-state index in [0.29, 0.717) is 25.4 Å². The van der Waals surface area contributed by atoms with Crippen molar-refractivity contribution < 1.29 is 19.5 Å². The van der Waals surface area contributed by atoms with E-state index < -0.39 is 11.9 Å². The third-order valence-electron chi connectivity index (χ3n) is 4.47. The SMILES string of the molecule is CC1CC(=O)N(CCCC(=O)NC2CC2)C(C)C1C(=O)O. The minimum atomic E-state index is -0.848. The molecule has 2 fully saturated rings. The van der Waals surface area contributed by atoms with Crippen molar-refractivity contribution in [2.45, 2.75) is 58.0 Å². The number of likely N-dealkylation sites (tertiary alicyclic amines) is 1. The third kappa shape index (κ3) is 3.95. The predicted octanol–water partition coefficient (Wildman–Crippen LogP) is 1.00. The minimum Gasteiger partial charge on any atom is -0.481 e. The molecule has 2 aliphatic rings. The molecule has 0 radical (unpaired) electrons. The van der Waals surface area contributed by atoms with E-state index in [4.69, 9.17) is 0 Å². The predicted molar refractivity (Wildman–Crippen MR) is 76.5 cm³/mol. The van der Waals surface area contributed by atoms with Crippen molar-refractivity contribution in [1.29, 1.82) is 0 Å². The number of carboxylic acid groups (broad SMARTS) is 1. The molecule has 0 spiro atoms. The van der Waals surface area contributed by atoms with Gasteiger partial charge < -0.3 is 15.3 Å². The Morgan fingerprint density at radius 2 is 2.00 bits per heavy atom. The van der Waals surface area contributed by atoms with Gasteiger partial charge in [0.2, 0.25) is 11.8 Å². The summed E-state index contributed by atoms with van der Waals surface area (Å²) in [5.74, 6) is -1.49. The van der Waals surface area contributed by atoms with Crippen LogP contribution in [0, 0.1) is 11.8 Å². The number of nitrogens with zero attached hydrogens (tertiary/aromatic N) is 1. The lowest BCUT2D eigenvalue weighted by molar-refractivity contribution is -0.154. The Hall–Kier alpha value is -1.59. The monoisotopic (exact) mass is 296 g/mol. The number of aliphatic carboxylic acids is 1. The van der Waals surface area contributed by atoms with Gasteiger partial charge in [-0.3, -0.25) is 14.4 Å². The van der Waals surface area contributed by atoms with Crippen LogP contribution >= 0.6 is 0 Å². The molecular formula is C15H24N2O4. The van der Waals surface area contributed by atoms with Crippen LogP contribution in [0.2, 0.25) is 0 Å². The fourth-order valence-corrected chi connectivity index (χ4v) is 3.13. The summed E-state index contributed by atoms with van der Waals surface area (Å²) in [5, 5.41) is 12.2. The number of rotatable bonds is 6. The van der Waals surface area contributed by atoms with Crippen LogP contribution in [-0.4, -0.2) is 46.4 Å². The molecule has 0 aromatic carbocycles. The molecule has 1 aliphatic carbocycles. The molecule has 2 N–H and O–H groups in total. The first-order chi connectivity index (χ1) is 9.90. The smallest absolute Gasteiger partial charge is 0.308 e. The molecule has 0 bridgehead atoms. The van der Waals surface area contributed by atoms with Crippen LogP contribution in [-0.2, 0) is 14.4 Å². The average molecular weight is 296 g/mol. The molecule has 2 rings (SSSR count). The Balaban J connectivity index is 1.83. The summed E-state index contributed by atoms with van der Waals surface area (Å²) < 4.78 is 0. The lowest BCUT2D eigenvalue weighted by Crippen LogP contribution is -2.53. The summed E-state index contributed by atoms with van der Waals surface area (Å²) in [6.07, 6.45) is 3.36. The fourth-order valence-electron chi connectivity index (χ4n) is 3.13. The summed E-state index contributed by atoms with van der Waals surface area (Å²) in [4.78, 5) is 36.7. The maximum Gasteiger partial charge on any atom is 0.308 e. The molecule has 1 aliphatic heterocycles. The van der Waals surface area contributed by atoms with Crippen molar-refractivity contribution >= 4 is 17.8 Å². The van der Waals surface area contributed by atoms with Gasteiger partial charge in [0.25, 0.3) is 0 Å². The van der Waals surface area contributed by atoms with Crippen molar-refractivity contribution in [3.63, 3.8) is 0 Å². The van der Waals surface area contributed by atoms with Crippen LogP contribution in [0.1, 0.15) is 46.0 Å². The zero-order valence-corrected chi connectivity index (χ0v) is 12.7. The minimum absolute atomic E-state index is 0.00454. The highest BCUT2D eigenvalue weighted by Crippen LogP contribution is 2.30. The van der Waals surface area contributed by atoms with E-state index in [1.165, 1.54) is 0 Å². The van der Waals surface area contributed by atoms with Gasteiger partial charge in [0, 0.05) is 31.5 Å². The van der Waals surface area contributed by atoms with Crippen molar-refractivity contribution in [2.75, 3.05) is 6.54 Å². The molecule has 6 nitrogen and oxygen atoms in total. The van der Waals surface area contributed by atoms with Gasteiger partial charge in [0.15, 0.2) is 0 Å². The fraction of sp³-hybridized carbons (Fsp3) is 0.800. The quantitative estimate of drug-likeness (QED) is 0.765. The van der Waals surface area contributed by atoms with Crippen LogP contribution in [0.4, 0.5) is 0 Å². The van der Waals surface area contributed by atoms with E-state index in [-0.39, 0.29) is 30.2 Å². The highest BCUT2D eigenvalue weighted by molar-refractivity contribution is 5.82. The Kier molecular flexibility index (Phi) is 4.85. The van der Waals surface area contributed by atoms with Gasteiger partial charge in [-0.1, -0.05) is 6.92 Å². The molecule has 0 aromatic rings. The zero-order chi connectivity index (χ0) is 15.6. The highest BCUT2D eigenvalue weighted by atomic mass is 16.4. The molecule has 3 unspecified atom stereocenters. The van der Waals surface area contributed by atoms with Gasteiger partial charge >= 0.3 is 5.97 Å². The number of nitrogens with one attached hydrogen (secondary N) is 1. The second-order valence-corrected chi connectivity index (χ2v) is 6.32. The van der Waals surface area contributed by atoms with Crippen LogP contribution < -0.4 is 5.32 Å². The van der Waals surface area contributed by atoms with Crippen molar-refractivity contribution in [2.24, 2.45) is 11.8 Å². The Labute approximate surface area is 124 Å². The Bertz CT molecular complexity index is 433. The first-order valence-corrected chi connectivity index (χ1v) is 7.71. The van der Waals surface area contributed by atoms with Gasteiger partial charge in [-0.25, -0.2) is 0 Å². The molecule has 2 amide bonds. The lowest BCUT2D eigenvalue weighted by atomic mass is 9.81. The second-order valence-electron chi connectivity index (χ2n) is 6.32. The number of carbonyl (C=O) groups excluding carboxylic acids is 2. The first-order valence-electron chi connectivity index (χ1n) is 7.71. The topological polar surface area (TPSA) is 86.7 Å². The highest BCUT2D eigenvalue weighted by Gasteiger charge is 2.41. The number of hydrogen-bond acceptors (Lipinski definition) is 3. The van der Waals surface area contributed by atoms with Gasteiger partial charge in [0.05, 0.1) is 5.92 Å². The molecule has 1 heterocycles. The maximum absolute atomic E-state index is 12.1.